The van der Waals surface area contributed by atoms with Gasteiger partial charge in [-0.3, -0.25) is 9.59 Å². The van der Waals surface area contributed by atoms with Gasteiger partial charge >= 0.3 is 5.97 Å². The Labute approximate surface area is 176 Å². The number of aliphatic carboxylic acids is 1. The van der Waals surface area contributed by atoms with Crippen molar-refractivity contribution in [2.24, 2.45) is 22.6 Å². The molecule has 7 N–H and O–H groups in total. The first-order chi connectivity index (χ1) is 14.3. The zero-order chi connectivity index (χ0) is 22.1. The molecule has 0 aliphatic carbocycles. The summed E-state index contributed by atoms with van der Waals surface area (Å²) in [6, 6.07) is 16.2. The van der Waals surface area contributed by atoms with E-state index in [1.54, 1.807) is 6.92 Å². The molecule has 0 bridgehead atoms. The molecule has 30 heavy (non-hydrogen) atoms. The van der Waals surface area contributed by atoms with Gasteiger partial charge in [-0.25, -0.2) is 11.4 Å². The normalized spacial score (nSPS) is 13.4. The summed E-state index contributed by atoms with van der Waals surface area (Å²) >= 11 is 0. The number of hydrazone groups is 1. The Morgan fingerprint density at radius 3 is 2.43 bits per heavy atom. The van der Waals surface area contributed by atoms with E-state index in [9.17, 15) is 14.7 Å². The quantitative estimate of drug-likeness (QED) is 0.185. The number of carboxylic acids is 1. The van der Waals surface area contributed by atoms with Gasteiger partial charge in [0.1, 0.15) is 0 Å². The van der Waals surface area contributed by atoms with Gasteiger partial charge in [-0.1, -0.05) is 61.0 Å². The van der Waals surface area contributed by atoms with E-state index in [1.165, 1.54) is 5.56 Å². The van der Waals surface area contributed by atoms with Crippen molar-refractivity contribution in [2.45, 2.75) is 39.2 Å². The Morgan fingerprint density at radius 1 is 1.13 bits per heavy atom. The molecule has 0 heterocycles. The highest BCUT2D eigenvalue weighted by molar-refractivity contribution is 6.37. The van der Waals surface area contributed by atoms with E-state index >= 15 is 0 Å². The maximum absolute atomic E-state index is 12.1. The van der Waals surface area contributed by atoms with Gasteiger partial charge in [0.05, 0.1) is 5.92 Å². The molecule has 2 aromatic carbocycles. The third-order valence-electron chi connectivity index (χ3n) is 4.90. The van der Waals surface area contributed by atoms with Gasteiger partial charge in [0.15, 0.2) is 0 Å². The Balaban J connectivity index is 2.05. The summed E-state index contributed by atoms with van der Waals surface area (Å²) in [4.78, 5) is 23.4. The third-order valence-corrected chi connectivity index (χ3v) is 4.90. The number of hydrogen-bond acceptors (Lipinski definition) is 5. The zero-order valence-electron chi connectivity index (χ0n) is 17.3. The minimum atomic E-state index is -0.915. The van der Waals surface area contributed by atoms with Crippen molar-refractivity contribution in [3.8, 4) is 11.1 Å². The fourth-order valence-corrected chi connectivity index (χ4v) is 3.19. The van der Waals surface area contributed by atoms with Crippen LogP contribution in [0.2, 0.25) is 0 Å². The fraction of sp³-hybridized carbons (Fsp3) is 0.318. The van der Waals surface area contributed by atoms with E-state index in [4.69, 9.17) is 11.6 Å². The lowest BCUT2D eigenvalue weighted by atomic mass is 9.95. The number of amidine groups is 1. The van der Waals surface area contributed by atoms with Crippen LogP contribution in [0, 0.1) is 12.8 Å². The first kappa shape index (κ1) is 22.9. The summed E-state index contributed by atoms with van der Waals surface area (Å²) in [5, 5.41) is 15.4. The fourth-order valence-electron chi connectivity index (χ4n) is 3.19. The number of nitrogens with two attached hydrogens (primary N) is 2. The number of aryl methyl sites for hydroxylation is 2. The number of carboxylic acid groups (broad SMARTS) is 1. The maximum Gasteiger partial charge on any atom is 0.306 e. The summed E-state index contributed by atoms with van der Waals surface area (Å²) in [7, 11) is 0. The maximum atomic E-state index is 12.1. The van der Waals surface area contributed by atoms with E-state index in [-0.39, 0.29) is 18.3 Å². The summed E-state index contributed by atoms with van der Waals surface area (Å²) in [5.41, 5.74) is 12.1. The summed E-state index contributed by atoms with van der Waals surface area (Å²) in [6.07, 6.45) is 1.53. The van der Waals surface area contributed by atoms with Crippen LogP contribution in [-0.4, -0.2) is 28.9 Å². The SMILES string of the molecule is Cc1cccc(-c2ccc(CC[C@H](C[C@H](C)C(=O)O)NC(=O)/C(N)=N/NN)cc2)c1. The molecular weight excluding hydrogens is 382 g/mol. The highest BCUT2D eigenvalue weighted by Crippen LogP contribution is 2.22. The predicted molar refractivity (Wildman–Crippen MR) is 117 cm³/mol. The molecule has 0 aromatic heterocycles. The predicted octanol–water partition coefficient (Wildman–Crippen LogP) is 1.93. The van der Waals surface area contributed by atoms with Crippen LogP contribution in [0.25, 0.3) is 11.1 Å². The van der Waals surface area contributed by atoms with Crippen molar-refractivity contribution < 1.29 is 14.7 Å². The molecule has 0 saturated heterocycles. The second-order valence-corrected chi connectivity index (χ2v) is 7.38. The highest BCUT2D eigenvalue weighted by atomic mass is 16.4. The summed E-state index contributed by atoms with van der Waals surface area (Å²) in [6.45, 7) is 3.67. The van der Waals surface area contributed by atoms with E-state index in [1.807, 2.05) is 23.7 Å². The molecule has 2 rings (SSSR count). The standard InChI is InChI=1S/C22H29N5O3/c1-14-4-3-5-18(12-14)17-9-6-16(7-10-17)8-11-19(13-15(2)22(29)30)25-21(28)20(23)26-27-24/h3-7,9-10,12,15,19,27H,8,11,13,24H2,1-2H3,(H2,23,26)(H,25,28)(H,29,30)/t15-,19+/m0/s1. The van der Waals surface area contributed by atoms with Gasteiger partial charge in [-0.2, -0.15) is 0 Å². The number of carbonyl (C=O) groups is 2. The van der Waals surface area contributed by atoms with E-state index in [0.29, 0.717) is 12.8 Å². The second-order valence-electron chi connectivity index (χ2n) is 7.38. The molecule has 0 spiro atoms. The molecule has 0 saturated carbocycles. The van der Waals surface area contributed by atoms with Crippen molar-refractivity contribution in [1.29, 1.82) is 0 Å². The number of benzene rings is 2. The van der Waals surface area contributed by atoms with E-state index in [2.05, 4.69) is 47.7 Å². The van der Waals surface area contributed by atoms with Crippen LogP contribution in [-0.2, 0) is 16.0 Å². The number of carbonyl (C=O) groups excluding carboxylic acids is 1. The average Bonchev–Trinajstić information content (AvgIpc) is 2.72. The van der Waals surface area contributed by atoms with Gasteiger partial charge in [0, 0.05) is 6.04 Å². The number of rotatable bonds is 9. The van der Waals surface area contributed by atoms with Crippen molar-refractivity contribution in [1.82, 2.24) is 10.9 Å². The van der Waals surface area contributed by atoms with Gasteiger partial charge in [0.2, 0.25) is 5.84 Å². The molecule has 0 unspecified atom stereocenters. The first-order valence-electron chi connectivity index (χ1n) is 9.78. The Kier molecular flexibility index (Phi) is 8.37. The van der Waals surface area contributed by atoms with Crippen molar-refractivity contribution in [3.63, 3.8) is 0 Å². The molecule has 2 aromatic rings. The molecule has 0 aliphatic rings. The van der Waals surface area contributed by atoms with E-state index in [0.717, 1.165) is 16.7 Å². The smallest absolute Gasteiger partial charge is 0.306 e. The lowest BCUT2D eigenvalue weighted by Crippen LogP contribution is -2.44. The largest absolute Gasteiger partial charge is 0.481 e. The Bertz CT molecular complexity index is 896. The van der Waals surface area contributed by atoms with Gasteiger partial charge in [0.25, 0.3) is 5.91 Å². The van der Waals surface area contributed by atoms with Crippen LogP contribution in [0.3, 0.4) is 0 Å². The highest BCUT2D eigenvalue weighted by Gasteiger charge is 2.21. The molecule has 0 fully saturated rings. The molecular formula is C22H29N5O3. The van der Waals surface area contributed by atoms with Gasteiger partial charge < -0.3 is 16.2 Å². The Hall–Kier alpha value is -3.39. The Morgan fingerprint density at radius 2 is 1.83 bits per heavy atom. The lowest BCUT2D eigenvalue weighted by molar-refractivity contribution is -0.141. The van der Waals surface area contributed by atoms with Gasteiger partial charge in [-0.15, -0.1) is 5.10 Å². The zero-order valence-corrected chi connectivity index (χ0v) is 17.3. The average molecular weight is 412 g/mol. The monoisotopic (exact) mass is 411 g/mol. The third kappa shape index (κ3) is 6.89. The first-order valence-corrected chi connectivity index (χ1v) is 9.78. The number of amides is 1. The summed E-state index contributed by atoms with van der Waals surface area (Å²) in [5.74, 6) is 2.61. The van der Waals surface area contributed by atoms with Crippen LogP contribution < -0.4 is 22.4 Å². The minimum absolute atomic E-state index is 0.284. The molecule has 160 valence electrons. The topological polar surface area (TPSA) is 143 Å². The van der Waals surface area contributed by atoms with Crippen LogP contribution in [0.5, 0.6) is 0 Å². The van der Waals surface area contributed by atoms with Crippen molar-refractivity contribution in [2.75, 3.05) is 0 Å². The van der Waals surface area contributed by atoms with Crippen molar-refractivity contribution >= 4 is 17.7 Å². The van der Waals surface area contributed by atoms with Crippen LogP contribution >= 0.6 is 0 Å². The van der Waals surface area contributed by atoms with E-state index < -0.39 is 17.8 Å². The summed E-state index contributed by atoms with van der Waals surface area (Å²) < 4.78 is 0. The van der Waals surface area contributed by atoms with Crippen LogP contribution in [0.15, 0.2) is 53.6 Å². The molecule has 8 nitrogen and oxygen atoms in total. The van der Waals surface area contributed by atoms with Gasteiger partial charge in [-0.05, 0) is 42.9 Å². The number of hydrogen-bond donors (Lipinski definition) is 5. The number of nitrogens with zero attached hydrogens (tertiary/aromatic N) is 1. The molecule has 8 heteroatoms. The van der Waals surface area contributed by atoms with Crippen LogP contribution in [0.1, 0.15) is 30.9 Å². The molecule has 1 amide bonds. The van der Waals surface area contributed by atoms with Crippen LogP contribution in [0.4, 0.5) is 0 Å². The molecule has 2 atom stereocenters. The minimum Gasteiger partial charge on any atom is -0.481 e. The van der Waals surface area contributed by atoms with Crippen molar-refractivity contribution in [3.05, 3.63) is 59.7 Å². The number of hydrazine groups is 1. The second kappa shape index (κ2) is 11.0. The number of nitrogens with one attached hydrogen (secondary N) is 2. The molecule has 0 radical (unpaired) electrons. The molecule has 0 aliphatic heterocycles. The lowest BCUT2D eigenvalue weighted by Gasteiger charge is -2.20.